The van der Waals surface area contributed by atoms with Crippen LogP contribution in [0.5, 0.6) is 0 Å². The standard InChI is InChI=1S/C29H30FN5O/c1-2-25-24-19-34(29(36)31-22-9-6-7-10-22)27(20-14-16-21(30)17-15-20)26-13-8-18-33(26)28(24)35(32-25)23-11-4-3-5-12-23/h3-5,8,11-18,22,27H,2,6-7,9-10,19H2,1H3,(H,31,36)/t27-/m0/s1. The van der Waals surface area contributed by atoms with E-state index in [4.69, 9.17) is 5.10 Å². The summed E-state index contributed by atoms with van der Waals surface area (Å²) in [4.78, 5) is 15.8. The van der Waals surface area contributed by atoms with E-state index in [0.717, 1.165) is 66.1 Å². The van der Waals surface area contributed by atoms with Crippen LogP contribution in [0.25, 0.3) is 11.5 Å². The second-order valence-electron chi connectivity index (χ2n) is 9.67. The van der Waals surface area contributed by atoms with E-state index in [9.17, 15) is 9.18 Å². The number of benzene rings is 2. The second-order valence-corrected chi connectivity index (χ2v) is 9.67. The van der Waals surface area contributed by atoms with Gasteiger partial charge >= 0.3 is 6.03 Å². The highest BCUT2D eigenvalue weighted by atomic mass is 19.1. The van der Waals surface area contributed by atoms with E-state index in [2.05, 4.69) is 16.8 Å². The molecule has 0 unspecified atom stereocenters. The first-order valence-corrected chi connectivity index (χ1v) is 12.8. The highest BCUT2D eigenvalue weighted by Crippen LogP contribution is 2.39. The molecular weight excluding hydrogens is 453 g/mol. The van der Waals surface area contributed by atoms with Crippen LogP contribution < -0.4 is 5.32 Å². The second kappa shape index (κ2) is 9.30. The Kier molecular flexibility index (Phi) is 5.83. The first-order valence-electron chi connectivity index (χ1n) is 12.8. The fraction of sp³-hybridized carbons (Fsp3) is 0.310. The van der Waals surface area contributed by atoms with Crippen molar-refractivity contribution in [1.29, 1.82) is 0 Å². The molecule has 0 saturated heterocycles. The molecule has 1 aliphatic heterocycles. The third-order valence-corrected chi connectivity index (χ3v) is 7.43. The number of nitrogens with one attached hydrogen (secondary N) is 1. The molecule has 2 amide bonds. The molecule has 2 aromatic carbocycles. The largest absolute Gasteiger partial charge is 0.335 e. The minimum atomic E-state index is -0.372. The molecule has 2 aliphatic rings. The van der Waals surface area contributed by atoms with Gasteiger partial charge in [-0.3, -0.25) is 0 Å². The van der Waals surface area contributed by atoms with Crippen LogP contribution in [0.1, 0.15) is 61.2 Å². The molecule has 1 atom stereocenters. The number of carbonyl (C=O) groups is 1. The van der Waals surface area contributed by atoms with Crippen molar-refractivity contribution in [1.82, 2.24) is 24.6 Å². The molecule has 7 heteroatoms. The van der Waals surface area contributed by atoms with Gasteiger partial charge in [-0.2, -0.15) is 5.10 Å². The quantitative estimate of drug-likeness (QED) is 0.392. The van der Waals surface area contributed by atoms with Crippen molar-refractivity contribution >= 4 is 6.03 Å². The smallest absolute Gasteiger partial charge is 0.318 e. The zero-order chi connectivity index (χ0) is 24.6. The van der Waals surface area contributed by atoms with Crippen LogP contribution >= 0.6 is 0 Å². The maximum Gasteiger partial charge on any atom is 0.318 e. The highest BCUT2D eigenvalue weighted by molar-refractivity contribution is 5.76. The average molecular weight is 484 g/mol. The van der Waals surface area contributed by atoms with Crippen LogP contribution in [0.4, 0.5) is 9.18 Å². The molecule has 36 heavy (non-hydrogen) atoms. The Morgan fingerprint density at radius 2 is 1.78 bits per heavy atom. The minimum Gasteiger partial charge on any atom is -0.335 e. The Hall–Kier alpha value is -3.87. The van der Waals surface area contributed by atoms with Crippen molar-refractivity contribution in [2.75, 3.05) is 0 Å². The Balaban J connectivity index is 1.54. The van der Waals surface area contributed by atoms with Gasteiger partial charge in [-0.25, -0.2) is 13.9 Å². The van der Waals surface area contributed by atoms with Crippen molar-refractivity contribution in [2.24, 2.45) is 0 Å². The maximum absolute atomic E-state index is 13.9. The summed E-state index contributed by atoms with van der Waals surface area (Å²) >= 11 is 0. The van der Waals surface area contributed by atoms with E-state index in [-0.39, 0.29) is 23.9 Å². The van der Waals surface area contributed by atoms with E-state index in [1.54, 1.807) is 12.1 Å². The zero-order valence-electron chi connectivity index (χ0n) is 20.4. The van der Waals surface area contributed by atoms with E-state index >= 15 is 0 Å². The van der Waals surface area contributed by atoms with Gasteiger partial charge in [0.15, 0.2) is 0 Å². The number of amides is 2. The summed E-state index contributed by atoms with van der Waals surface area (Å²) in [7, 11) is 0. The summed E-state index contributed by atoms with van der Waals surface area (Å²) in [6.45, 7) is 2.51. The molecule has 1 saturated carbocycles. The maximum atomic E-state index is 13.9. The van der Waals surface area contributed by atoms with Crippen LogP contribution in [0.15, 0.2) is 72.9 Å². The van der Waals surface area contributed by atoms with Gasteiger partial charge in [0.2, 0.25) is 0 Å². The number of fused-ring (bicyclic) bond motifs is 3. The van der Waals surface area contributed by atoms with E-state index in [1.165, 1.54) is 12.1 Å². The predicted molar refractivity (Wildman–Crippen MR) is 137 cm³/mol. The van der Waals surface area contributed by atoms with Crippen molar-refractivity contribution in [3.05, 3.63) is 101 Å². The van der Waals surface area contributed by atoms with Gasteiger partial charge in [0.05, 0.1) is 29.7 Å². The highest BCUT2D eigenvalue weighted by Gasteiger charge is 2.37. The summed E-state index contributed by atoms with van der Waals surface area (Å²) < 4.78 is 18.0. The number of rotatable bonds is 4. The third-order valence-electron chi connectivity index (χ3n) is 7.43. The van der Waals surface area contributed by atoms with Crippen LogP contribution in [0, 0.1) is 5.82 Å². The molecule has 6 nitrogen and oxygen atoms in total. The Morgan fingerprint density at radius 1 is 1.03 bits per heavy atom. The summed E-state index contributed by atoms with van der Waals surface area (Å²) in [5.41, 5.74) is 4.79. The zero-order valence-corrected chi connectivity index (χ0v) is 20.4. The average Bonchev–Trinajstić information content (AvgIpc) is 3.64. The SMILES string of the molecule is CCc1nn(-c2ccccc2)c2c1CN(C(=O)NC1CCCC1)[C@@H](c1ccc(F)cc1)c1cccn1-2. The number of urea groups is 1. The molecule has 6 rings (SSSR count). The van der Waals surface area contributed by atoms with Crippen molar-refractivity contribution in [2.45, 2.75) is 57.7 Å². The summed E-state index contributed by atoms with van der Waals surface area (Å²) in [5.74, 6) is 0.655. The molecule has 0 radical (unpaired) electrons. The van der Waals surface area contributed by atoms with E-state index in [0.29, 0.717) is 6.54 Å². The van der Waals surface area contributed by atoms with Gasteiger partial charge in [-0.1, -0.05) is 50.1 Å². The van der Waals surface area contributed by atoms with E-state index < -0.39 is 0 Å². The number of carbonyl (C=O) groups excluding carboxylic acids is 1. The fourth-order valence-electron chi connectivity index (χ4n) is 5.67. The molecule has 1 fully saturated rings. The molecule has 4 aromatic rings. The lowest BCUT2D eigenvalue weighted by molar-refractivity contribution is 0.176. The lowest BCUT2D eigenvalue weighted by atomic mass is 10.0. The molecule has 3 heterocycles. The molecule has 184 valence electrons. The van der Waals surface area contributed by atoms with Gasteiger partial charge in [0, 0.05) is 17.8 Å². The Bertz CT molecular complexity index is 1370. The lowest BCUT2D eigenvalue weighted by Crippen LogP contribution is -2.45. The molecule has 0 bridgehead atoms. The molecule has 1 aliphatic carbocycles. The van der Waals surface area contributed by atoms with Crippen LogP contribution in [-0.2, 0) is 13.0 Å². The first-order chi connectivity index (χ1) is 17.6. The molecule has 2 aromatic heterocycles. The van der Waals surface area contributed by atoms with Crippen LogP contribution in [0.3, 0.4) is 0 Å². The van der Waals surface area contributed by atoms with Gasteiger partial charge in [0.1, 0.15) is 11.6 Å². The monoisotopic (exact) mass is 483 g/mol. The minimum absolute atomic E-state index is 0.0914. The topological polar surface area (TPSA) is 55.1 Å². The Morgan fingerprint density at radius 3 is 2.50 bits per heavy atom. The number of aromatic nitrogens is 3. The predicted octanol–water partition coefficient (Wildman–Crippen LogP) is 5.92. The van der Waals surface area contributed by atoms with E-state index in [1.807, 2.05) is 58.2 Å². The fourth-order valence-corrected chi connectivity index (χ4v) is 5.67. The summed E-state index contributed by atoms with van der Waals surface area (Å²) in [6, 6.07) is 20.4. The number of hydrogen-bond donors (Lipinski definition) is 1. The number of aryl methyl sites for hydroxylation is 1. The van der Waals surface area contributed by atoms with Crippen molar-refractivity contribution in [3.63, 3.8) is 0 Å². The number of para-hydroxylation sites is 1. The van der Waals surface area contributed by atoms with Gasteiger partial charge < -0.3 is 14.8 Å². The van der Waals surface area contributed by atoms with Crippen molar-refractivity contribution < 1.29 is 9.18 Å². The lowest BCUT2D eigenvalue weighted by Gasteiger charge is -2.32. The molecular formula is C29H30FN5O. The van der Waals surface area contributed by atoms with Crippen molar-refractivity contribution in [3.8, 4) is 11.5 Å². The molecule has 0 spiro atoms. The number of hydrogen-bond acceptors (Lipinski definition) is 2. The summed E-state index contributed by atoms with van der Waals surface area (Å²) in [6.07, 6.45) is 7.08. The van der Waals surface area contributed by atoms with Gasteiger partial charge in [-0.15, -0.1) is 0 Å². The third kappa shape index (κ3) is 3.88. The van der Waals surface area contributed by atoms with Crippen LogP contribution in [-0.4, -0.2) is 31.3 Å². The van der Waals surface area contributed by atoms with Gasteiger partial charge in [-0.05, 0) is 61.2 Å². The normalized spacial score (nSPS) is 17.5. The van der Waals surface area contributed by atoms with Gasteiger partial charge in [0.25, 0.3) is 0 Å². The summed E-state index contributed by atoms with van der Waals surface area (Å²) in [5, 5.41) is 8.29. The number of nitrogens with zero attached hydrogens (tertiary/aromatic N) is 4. The Labute approximate surface area is 210 Å². The molecule has 1 N–H and O–H groups in total. The number of halogens is 1. The van der Waals surface area contributed by atoms with Crippen LogP contribution in [0.2, 0.25) is 0 Å². The first kappa shape index (κ1) is 22.6.